The molecule has 0 aromatic carbocycles. The lowest BCUT2D eigenvalue weighted by Crippen LogP contribution is -2.17. The van der Waals surface area contributed by atoms with Gasteiger partial charge in [0.05, 0.1) is 24.4 Å². The van der Waals surface area contributed by atoms with Crippen molar-refractivity contribution in [3.63, 3.8) is 0 Å². The largest absolute Gasteiger partial charge is 0.465 e. The van der Waals surface area contributed by atoms with Crippen LogP contribution in [0.3, 0.4) is 0 Å². The zero-order valence-electron chi connectivity index (χ0n) is 10.4. The second-order valence-electron chi connectivity index (χ2n) is 3.59. The maximum Gasteiger partial charge on any atom is 0.328 e. The number of hydrogen-bond acceptors (Lipinski definition) is 5. The van der Waals surface area contributed by atoms with Crippen LogP contribution in [0.25, 0.3) is 0 Å². The van der Waals surface area contributed by atoms with Gasteiger partial charge in [-0.15, -0.1) is 0 Å². The van der Waals surface area contributed by atoms with Gasteiger partial charge in [-0.2, -0.15) is 5.26 Å². The Bertz CT molecular complexity index is 451. The van der Waals surface area contributed by atoms with Gasteiger partial charge >= 0.3 is 5.97 Å². The molecule has 0 fully saturated rings. The molecule has 1 aromatic heterocycles. The van der Waals surface area contributed by atoms with Crippen molar-refractivity contribution in [3.8, 4) is 6.07 Å². The Labute approximate surface area is 106 Å². The molecule has 5 nitrogen and oxygen atoms in total. The summed E-state index contributed by atoms with van der Waals surface area (Å²) in [5, 5.41) is 8.85. The first-order valence-corrected chi connectivity index (χ1v) is 5.69. The molecule has 0 aliphatic rings. The predicted octanol–water partition coefficient (Wildman–Crippen LogP) is 1.92. The minimum atomic E-state index is -0.962. The van der Waals surface area contributed by atoms with E-state index in [0.29, 0.717) is 0 Å². The maximum absolute atomic E-state index is 11.4. The van der Waals surface area contributed by atoms with Gasteiger partial charge in [0.2, 0.25) is 0 Å². The van der Waals surface area contributed by atoms with E-state index in [9.17, 15) is 4.79 Å². The van der Waals surface area contributed by atoms with E-state index < -0.39 is 11.9 Å². The summed E-state index contributed by atoms with van der Waals surface area (Å²) in [6.45, 7) is 3.79. The van der Waals surface area contributed by atoms with Crippen molar-refractivity contribution in [2.75, 3.05) is 6.61 Å². The standard InChI is InChI=1S/C13H15N3O2/c1-3-18-13(17)11(8-14)9-16-10(2)12-6-4-5-7-15-12/h4-7,9-11H,3H2,1-2H3/t10-,11-/m1/s1. The zero-order chi connectivity index (χ0) is 13.4. The molecule has 1 rings (SSSR count). The number of esters is 1. The van der Waals surface area contributed by atoms with Gasteiger partial charge in [0.15, 0.2) is 5.92 Å². The number of hydrogen-bond donors (Lipinski definition) is 0. The molecule has 2 atom stereocenters. The van der Waals surface area contributed by atoms with Crippen LogP contribution in [0.5, 0.6) is 0 Å². The molecule has 18 heavy (non-hydrogen) atoms. The fourth-order valence-corrected chi connectivity index (χ4v) is 1.29. The summed E-state index contributed by atoms with van der Waals surface area (Å²) in [6.07, 6.45) is 2.99. The van der Waals surface area contributed by atoms with E-state index in [1.165, 1.54) is 6.21 Å². The van der Waals surface area contributed by atoms with E-state index in [0.717, 1.165) is 5.69 Å². The number of nitrogens with zero attached hydrogens (tertiary/aromatic N) is 3. The van der Waals surface area contributed by atoms with Gasteiger partial charge < -0.3 is 4.74 Å². The highest BCUT2D eigenvalue weighted by Crippen LogP contribution is 2.13. The van der Waals surface area contributed by atoms with Crippen molar-refractivity contribution >= 4 is 12.2 Å². The van der Waals surface area contributed by atoms with Gasteiger partial charge in [0.25, 0.3) is 0 Å². The average molecular weight is 245 g/mol. The molecule has 0 radical (unpaired) electrons. The number of aliphatic imine (C=N–C) groups is 1. The van der Waals surface area contributed by atoms with Crippen molar-refractivity contribution < 1.29 is 9.53 Å². The molecular weight excluding hydrogens is 230 g/mol. The molecule has 0 saturated carbocycles. The molecule has 0 unspecified atom stereocenters. The second kappa shape index (κ2) is 7.17. The van der Waals surface area contributed by atoms with Crippen LogP contribution >= 0.6 is 0 Å². The van der Waals surface area contributed by atoms with Crippen LogP contribution in [0.2, 0.25) is 0 Å². The smallest absolute Gasteiger partial charge is 0.328 e. The van der Waals surface area contributed by atoms with Crippen LogP contribution in [-0.2, 0) is 9.53 Å². The van der Waals surface area contributed by atoms with Crippen LogP contribution in [0.15, 0.2) is 29.4 Å². The summed E-state index contributed by atoms with van der Waals surface area (Å²) in [5.74, 6) is -1.53. The van der Waals surface area contributed by atoms with E-state index in [-0.39, 0.29) is 12.6 Å². The molecular formula is C13H15N3O2. The summed E-state index contributed by atoms with van der Waals surface area (Å²) in [4.78, 5) is 19.7. The Kier molecular flexibility index (Phi) is 5.52. The first kappa shape index (κ1) is 13.8. The van der Waals surface area contributed by atoms with Gasteiger partial charge in [0, 0.05) is 12.4 Å². The molecule has 94 valence electrons. The highest BCUT2D eigenvalue weighted by Gasteiger charge is 2.17. The third-order valence-corrected chi connectivity index (χ3v) is 2.25. The van der Waals surface area contributed by atoms with Crippen molar-refractivity contribution in [1.29, 1.82) is 5.26 Å². The SMILES string of the molecule is CCOC(=O)[C@H](C#N)C=N[C@H](C)c1ccccn1. The Morgan fingerprint density at radius 2 is 2.44 bits per heavy atom. The van der Waals surface area contributed by atoms with Gasteiger partial charge in [0.1, 0.15) is 0 Å². The zero-order valence-corrected chi connectivity index (χ0v) is 10.4. The quantitative estimate of drug-likeness (QED) is 0.586. The van der Waals surface area contributed by atoms with Crippen LogP contribution in [-0.4, -0.2) is 23.8 Å². The molecule has 0 saturated heterocycles. The molecule has 1 heterocycles. The molecule has 0 N–H and O–H groups in total. The Morgan fingerprint density at radius 1 is 1.67 bits per heavy atom. The topological polar surface area (TPSA) is 75.3 Å². The van der Waals surface area contributed by atoms with E-state index >= 15 is 0 Å². The minimum Gasteiger partial charge on any atom is -0.465 e. The van der Waals surface area contributed by atoms with E-state index in [1.54, 1.807) is 13.1 Å². The number of rotatable bonds is 5. The first-order valence-electron chi connectivity index (χ1n) is 5.69. The summed E-state index contributed by atoms with van der Waals surface area (Å²) in [5.41, 5.74) is 0.786. The lowest BCUT2D eigenvalue weighted by atomic mass is 10.2. The molecule has 1 aromatic rings. The number of carbonyl (C=O) groups excluding carboxylic acids is 1. The van der Waals surface area contributed by atoms with E-state index in [4.69, 9.17) is 10.00 Å². The lowest BCUT2D eigenvalue weighted by Gasteiger charge is -2.06. The number of nitriles is 1. The predicted molar refractivity (Wildman–Crippen MR) is 66.9 cm³/mol. The first-order chi connectivity index (χ1) is 8.69. The normalized spacial score (nSPS) is 13.8. The minimum absolute atomic E-state index is 0.198. The molecule has 5 heteroatoms. The molecule has 0 aliphatic heterocycles. The molecule has 0 bridgehead atoms. The summed E-state index contributed by atoms with van der Waals surface area (Å²) in [7, 11) is 0. The van der Waals surface area contributed by atoms with Crippen LogP contribution in [0.4, 0.5) is 0 Å². The van der Waals surface area contributed by atoms with Crippen molar-refractivity contribution in [3.05, 3.63) is 30.1 Å². The fourth-order valence-electron chi connectivity index (χ4n) is 1.29. The third kappa shape index (κ3) is 3.98. The Morgan fingerprint density at radius 3 is 3.00 bits per heavy atom. The number of aromatic nitrogens is 1. The third-order valence-electron chi connectivity index (χ3n) is 2.25. The lowest BCUT2D eigenvalue weighted by molar-refractivity contribution is -0.143. The van der Waals surface area contributed by atoms with Crippen molar-refractivity contribution in [2.24, 2.45) is 10.9 Å². The highest BCUT2D eigenvalue weighted by atomic mass is 16.5. The molecule has 0 amide bonds. The van der Waals surface area contributed by atoms with Gasteiger partial charge in [-0.1, -0.05) is 6.07 Å². The Balaban J connectivity index is 2.68. The number of carbonyl (C=O) groups is 1. The van der Waals surface area contributed by atoms with Gasteiger partial charge in [-0.3, -0.25) is 14.8 Å². The van der Waals surface area contributed by atoms with Crippen molar-refractivity contribution in [1.82, 2.24) is 4.98 Å². The van der Waals surface area contributed by atoms with Crippen LogP contribution < -0.4 is 0 Å². The average Bonchev–Trinajstić information content (AvgIpc) is 2.40. The van der Waals surface area contributed by atoms with Crippen LogP contribution in [0.1, 0.15) is 25.6 Å². The highest BCUT2D eigenvalue weighted by molar-refractivity contribution is 5.92. The van der Waals surface area contributed by atoms with E-state index in [1.807, 2.05) is 31.2 Å². The molecule has 0 spiro atoms. The number of pyridine rings is 1. The Hall–Kier alpha value is -2.22. The number of ether oxygens (including phenoxy) is 1. The van der Waals surface area contributed by atoms with Gasteiger partial charge in [-0.25, -0.2) is 0 Å². The molecule has 0 aliphatic carbocycles. The van der Waals surface area contributed by atoms with Crippen LogP contribution in [0, 0.1) is 17.2 Å². The monoisotopic (exact) mass is 245 g/mol. The van der Waals surface area contributed by atoms with Crippen molar-refractivity contribution in [2.45, 2.75) is 19.9 Å². The summed E-state index contributed by atoms with van der Waals surface area (Å²) in [6, 6.07) is 7.17. The summed E-state index contributed by atoms with van der Waals surface area (Å²) < 4.78 is 4.76. The van der Waals surface area contributed by atoms with E-state index in [2.05, 4.69) is 9.98 Å². The van der Waals surface area contributed by atoms with Gasteiger partial charge in [-0.05, 0) is 26.0 Å². The summed E-state index contributed by atoms with van der Waals surface area (Å²) >= 11 is 0. The maximum atomic E-state index is 11.4. The second-order valence-corrected chi connectivity index (χ2v) is 3.59. The fraction of sp³-hybridized carbons (Fsp3) is 0.385.